The molecule has 1 amide bonds. The zero-order valence-electron chi connectivity index (χ0n) is 17.3. The van der Waals surface area contributed by atoms with Gasteiger partial charge in [-0.2, -0.15) is 0 Å². The molecule has 2 aliphatic heterocycles. The summed E-state index contributed by atoms with van der Waals surface area (Å²) in [7, 11) is 1.70. The molecule has 0 aromatic carbocycles. The molecule has 6 heteroatoms. The van der Waals surface area contributed by atoms with Crippen molar-refractivity contribution < 1.29 is 9.53 Å². The zero-order valence-corrected chi connectivity index (χ0v) is 17.3. The number of aromatic nitrogens is 2. The highest BCUT2D eigenvalue weighted by atomic mass is 16.5. The third-order valence-corrected chi connectivity index (χ3v) is 5.57. The van der Waals surface area contributed by atoms with Crippen molar-refractivity contribution in [2.24, 2.45) is 5.92 Å². The topological polar surface area (TPSA) is 58.6 Å². The van der Waals surface area contributed by atoms with Crippen LogP contribution >= 0.6 is 0 Å². The Morgan fingerprint density at radius 3 is 2.52 bits per heavy atom. The molecule has 1 aromatic rings. The van der Waals surface area contributed by atoms with Gasteiger partial charge in [-0.25, -0.2) is 9.97 Å². The van der Waals surface area contributed by atoms with Crippen molar-refractivity contribution in [2.45, 2.75) is 64.9 Å². The van der Waals surface area contributed by atoms with E-state index in [1.54, 1.807) is 7.11 Å². The van der Waals surface area contributed by atoms with Gasteiger partial charge in [-0.15, -0.1) is 0 Å². The standard InChI is InChI=1S/C21H34N4O2/c1-21(2,3)20-22-17(15-27-4)13-18(23-20)24-11-8-16(9-12-24)14-25-10-6-5-7-19(25)26/h13,16H,5-12,14-15H2,1-4H3. The van der Waals surface area contributed by atoms with Gasteiger partial charge in [0, 0.05) is 51.2 Å². The molecule has 0 N–H and O–H groups in total. The van der Waals surface area contributed by atoms with Crippen LogP contribution in [0.2, 0.25) is 0 Å². The van der Waals surface area contributed by atoms with E-state index in [9.17, 15) is 4.79 Å². The number of likely N-dealkylation sites (tertiary alicyclic amines) is 1. The predicted molar refractivity (Wildman–Crippen MR) is 107 cm³/mol. The number of anilines is 1. The summed E-state index contributed by atoms with van der Waals surface area (Å²) in [6.07, 6.45) is 5.17. The maximum Gasteiger partial charge on any atom is 0.222 e. The molecule has 2 saturated heterocycles. The van der Waals surface area contributed by atoms with Crippen LogP contribution in [0.3, 0.4) is 0 Å². The number of hydrogen-bond acceptors (Lipinski definition) is 5. The average Bonchev–Trinajstić information content (AvgIpc) is 2.63. The van der Waals surface area contributed by atoms with Crippen molar-refractivity contribution in [3.8, 4) is 0 Å². The largest absolute Gasteiger partial charge is 0.378 e. The van der Waals surface area contributed by atoms with Gasteiger partial charge in [-0.3, -0.25) is 4.79 Å². The van der Waals surface area contributed by atoms with Crippen LogP contribution in [0.15, 0.2) is 6.07 Å². The quantitative estimate of drug-likeness (QED) is 0.792. The number of nitrogens with zero attached hydrogens (tertiary/aromatic N) is 4. The van der Waals surface area contributed by atoms with Crippen molar-refractivity contribution in [2.75, 3.05) is 38.2 Å². The summed E-state index contributed by atoms with van der Waals surface area (Å²) in [5, 5.41) is 0. The molecule has 0 bridgehead atoms. The lowest BCUT2D eigenvalue weighted by Gasteiger charge is -2.37. The number of piperidine rings is 2. The van der Waals surface area contributed by atoms with Gasteiger partial charge in [-0.1, -0.05) is 20.8 Å². The van der Waals surface area contributed by atoms with E-state index in [1.807, 2.05) is 0 Å². The smallest absolute Gasteiger partial charge is 0.222 e. The van der Waals surface area contributed by atoms with Gasteiger partial charge < -0.3 is 14.5 Å². The number of carbonyl (C=O) groups is 1. The van der Waals surface area contributed by atoms with Crippen molar-refractivity contribution >= 4 is 11.7 Å². The third-order valence-electron chi connectivity index (χ3n) is 5.57. The van der Waals surface area contributed by atoms with E-state index in [1.165, 1.54) is 0 Å². The first-order valence-corrected chi connectivity index (χ1v) is 10.3. The number of ether oxygens (including phenoxy) is 1. The number of amides is 1. The summed E-state index contributed by atoms with van der Waals surface area (Å²) in [6.45, 7) is 10.8. The van der Waals surface area contributed by atoms with E-state index in [-0.39, 0.29) is 5.41 Å². The molecule has 3 rings (SSSR count). The first-order valence-electron chi connectivity index (χ1n) is 10.3. The van der Waals surface area contributed by atoms with Crippen molar-refractivity contribution in [1.82, 2.24) is 14.9 Å². The summed E-state index contributed by atoms with van der Waals surface area (Å²) in [4.78, 5) is 26.1. The molecular formula is C21H34N4O2. The van der Waals surface area contributed by atoms with Crippen molar-refractivity contribution in [3.05, 3.63) is 17.6 Å². The van der Waals surface area contributed by atoms with Crippen LogP contribution in [-0.2, 0) is 21.6 Å². The van der Waals surface area contributed by atoms with Gasteiger partial charge >= 0.3 is 0 Å². The maximum absolute atomic E-state index is 12.1. The lowest BCUT2D eigenvalue weighted by Crippen LogP contribution is -2.43. The molecule has 0 saturated carbocycles. The monoisotopic (exact) mass is 374 g/mol. The normalized spacial score (nSPS) is 19.6. The van der Waals surface area contributed by atoms with Gasteiger partial charge in [0.2, 0.25) is 5.91 Å². The minimum Gasteiger partial charge on any atom is -0.378 e. The minimum absolute atomic E-state index is 0.0918. The lowest BCUT2D eigenvalue weighted by molar-refractivity contribution is -0.134. The Hall–Kier alpha value is -1.69. The third kappa shape index (κ3) is 5.18. The number of methoxy groups -OCH3 is 1. The fourth-order valence-electron chi connectivity index (χ4n) is 3.91. The number of hydrogen-bond donors (Lipinski definition) is 0. The molecule has 150 valence electrons. The van der Waals surface area contributed by atoms with E-state index in [0.717, 1.165) is 75.6 Å². The van der Waals surface area contributed by atoms with Crippen molar-refractivity contribution in [1.29, 1.82) is 0 Å². The molecule has 0 spiro atoms. The highest BCUT2D eigenvalue weighted by Crippen LogP contribution is 2.27. The first kappa shape index (κ1) is 20.1. The molecule has 3 heterocycles. The highest BCUT2D eigenvalue weighted by Gasteiger charge is 2.27. The van der Waals surface area contributed by atoms with Crippen LogP contribution in [0.4, 0.5) is 5.82 Å². The van der Waals surface area contributed by atoms with Gasteiger partial charge in [0.25, 0.3) is 0 Å². The van der Waals surface area contributed by atoms with Gasteiger partial charge in [0.05, 0.1) is 12.3 Å². The fraction of sp³-hybridized carbons (Fsp3) is 0.762. The van der Waals surface area contributed by atoms with Gasteiger partial charge in [0.1, 0.15) is 11.6 Å². The summed E-state index contributed by atoms with van der Waals surface area (Å²) < 4.78 is 5.30. The van der Waals surface area contributed by atoms with Crippen LogP contribution in [0.25, 0.3) is 0 Å². The van der Waals surface area contributed by atoms with Gasteiger partial charge in [-0.05, 0) is 31.6 Å². The predicted octanol–water partition coefficient (Wildman–Crippen LogP) is 3.15. The van der Waals surface area contributed by atoms with E-state index >= 15 is 0 Å². The highest BCUT2D eigenvalue weighted by molar-refractivity contribution is 5.76. The van der Waals surface area contributed by atoms with E-state index in [2.05, 4.69) is 41.6 Å². The van der Waals surface area contributed by atoms with Crippen molar-refractivity contribution in [3.63, 3.8) is 0 Å². The second-order valence-corrected chi connectivity index (χ2v) is 8.95. The number of carbonyl (C=O) groups excluding carboxylic acids is 1. The molecule has 2 aliphatic rings. The molecule has 0 aliphatic carbocycles. The van der Waals surface area contributed by atoms with E-state index < -0.39 is 0 Å². The molecule has 6 nitrogen and oxygen atoms in total. The lowest BCUT2D eigenvalue weighted by atomic mass is 9.94. The Labute approximate surface area is 163 Å². The Balaban J connectivity index is 1.64. The SMILES string of the molecule is COCc1cc(N2CCC(CN3CCCCC3=O)CC2)nc(C(C)(C)C)n1. The molecule has 0 atom stereocenters. The fourth-order valence-corrected chi connectivity index (χ4v) is 3.91. The summed E-state index contributed by atoms with van der Waals surface area (Å²) in [5.41, 5.74) is 0.847. The maximum atomic E-state index is 12.1. The average molecular weight is 375 g/mol. The molecule has 27 heavy (non-hydrogen) atoms. The molecular weight excluding hydrogens is 340 g/mol. The van der Waals surface area contributed by atoms with Crippen LogP contribution in [-0.4, -0.2) is 54.1 Å². The molecule has 0 radical (unpaired) electrons. The summed E-state index contributed by atoms with van der Waals surface area (Å²) in [5.74, 6) is 2.83. The molecule has 2 fully saturated rings. The Kier molecular flexibility index (Phi) is 6.35. The zero-order chi connectivity index (χ0) is 19.4. The molecule has 0 unspecified atom stereocenters. The Morgan fingerprint density at radius 1 is 1.15 bits per heavy atom. The summed E-state index contributed by atoms with van der Waals surface area (Å²) in [6, 6.07) is 2.06. The Morgan fingerprint density at radius 2 is 1.89 bits per heavy atom. The Bertz CT molecular complexity index is 648. The second-order valence-electron chi connectivity index (χ2n) is 8.95. The summed E-state index contributed by atoms with van der Waals surface area (Å²) >= 11 is 0. The first-order chi connectivity index (χ1) is 12.9. The van der Waals surface area contributed by atoms with E-state index in [0.29, 0.717) is 18.4 Å². The van der Waals surface area contributed by atoms with Crippen LogP contribution < -0.4 is 4.90 Å². The van der Waals surface area contributed by atoms with Gasteiger partial charge in [0.15, 0.2) is 0 Å². The number of rotatable bonds is 5. The van der Waals surface area contributed by atoms with Crippen LogP contribution in [0, 0.1) is 5.92 Å². The van der Waals surface area contributed by atoms with Crippen LogP contribution in [0.1, 0.15) is 64.4 Å². The second kappa shape index (κ2) is 8.55. The molecule has 1 aromatic heterocycles. The minimum atomic E-state index is -0.0918. The van der Waals surface area contributed by atoms with Crippen LogP contribution in [0.5, 0.6) is 0 Å². The van der Waals surface area contributed by atoms with E-state index in [4.69, 9.17) is 9.72 Å².